The number of Topliss-reactive ketones (excluding diaryl/α,β-unsaturated/α-hetero) is 1. The van der Waals surface area contributed by atoms with Crippen LogP contribution in [0.1, 0.15) is 30.3 Å². The molecule has 4 heterocycles. The number of hydrogen-bond acceptors (Lipinski definition) is 9. The highest BCUT2D eigenvalue weighted by molar-refractivity contribution is 6.05. The molecule has 0 aliphatic carbocycles. The van der Waals surface area contributed by atoms with E-state index in [-0.39, 0.29) is 35.9 Å². The van der Waals surface area contributed by atoms with Crippen molar-refractivity contribution in [3.8, 4) is 5.88 Å². The highest BCUT2D eigenvalue weighted by Crippen LogP contribution is 2.39. The second kappa shape index (κ2) is 10.2. The first-order chi connectivity index (χ1) is 17.1. The van der Waals surface area contributed by atoms with E-state index in [0.717, 1.165) is 6.92 Å². The molecule has 4 rings (SSSR count). The third-order valence-corrected chi connectivity index (χ3v) is 5.99. The Hall–Kier alpha value is -3.52. The Morgan fingerprint density at radius 1 is 1.28 bits per heavy atom. The van der Waals surface area contributed by atoms with Crippen molar-refractivity contribution in [2.75, 3.05) is 41.4 Å². The number of nitrogens with one attached hydrogen (secondary N) is 1. The van der Waals surface area contributed by atoms with Crippen molar-refractivity contribution in [2.24, 2.45) is 5.92 Å². The van der Waals surface area contributed by atoms with E-state index < -0.39 is 43.0 Å². The number of aromatic nitrogens is 3. The van der Waals surface area contributed by atoms with E-state index >= 15 is 0 Å². The first kappa shape index (κ1) is 25.6. The Bertz CT molecular complexity index is 1130. The van der Waals surface area contributed by atoms with Crippen molar-refractivity contribution in [2.45, 2.75) is 38.1 Å². The number of carbonyl (C=O) groups is 2. The van der Waals surface area contributed by atoms with Crippen LogP contribution in [0.4, 0.5) is 35.3 Å². The largest absolute Gasteiger partial charge is 0.474 e. The number of urea groups is 1. The lowest BCUT2D eigenvalue weighted by molar-refractivity contribution is -0.168. The number of ketones is 1. The van der Waals surface area contributed by atoms with E-state index in [4.69, 9.17) is 9.84 Å². The van der Waals surface area contributed by atoms with E-state index in [1.807, 2.05) is 4.90 Å². The van der Waals surface area contributed by atoms with Gasteiger partial charge in [-0.05, 0) is 18.6 Å². The minimum Gasteiger partial charge on any atom is -0.474 e. The van der Waals surface area contributed by atoms with Gasteiger partial charge in [-0.2, -0.15) is 18.2 Å². The number of ether oxygens (including phenoxy) is 1. The second-order valence-corrected chi connectivity index (χ2v) is 8.69. The quantitative estimate of drug-likeness (QED) is 0.455. The highest BCUT2D eigenvalue weighted by Gasteiger charge is 2.41. The highest BCUT2D eigenvalue weighted by atomic mass is 19.4. The minimum absolute atomic E-state index is 0.0104. The molecule has 2 aliphatic heterocycles. The molecule has 11 nitrogen and oxygen atoms in total. The van der Waals surface area contributed by atoms with Crippen LogP contribution < -0.4 is 19.9 Å². The zero-order valence-electron chi connectivity index (χ0n) is 19.3. The molecule has 1 fully saturated rings. The molecule has 3 atom stereocenters. The average Bonchev–Trinajstić information content (AvgIpc) is 3.25. The van der Waals surface area contributed by atoms with Crippen LogP contribution in [0.15, 0.2) is 24.5 Å². The van der Waals surface area contributed by atoms with Crippen LogP contribution in [0.25, 0.3) is 0 Å². The fourth-order valence-corrected chi connectivity index (χ4v) is 4.01. The van der Waals surface area contributed by atoms with E-state index in [2.05, 4.69) is 20.3 Å². The summed E-state index contributed by atoms with van der Waals surface area (Å²) in [5.74, 6) is -2.36. The van der Waals surface area contributed by atoms with Crippen LogP contribution in [0.3, 0.4) is 0 Å². The summed E-state index contributed by atoms with van der Waals surface area (Å²) in [5.41, 5.74) is 0.447. The number of nitrogens with zero attached hydrogens (tertiary/aromatic N) is 5. The predicted molar refractivity (Wildman–Crippen MR) is 121 cm³/mol. The lowest BCUT2D eigenvalue weighted by atomic mass is 10.0. The third-order valence-electron chi connectivity index (χ3n) is 5.99. The molecule has 2 aromatic heterocycles. The molecule has 194 valence electrons. The van der Waals surface area contributed by atoms with Crippen molar-refractivity contribution >= 4 is 29.1 Å². The first-order valence-corrected chi connectivity index (χ1v) is 11.3. The van der Waals surface area contributed by atoms with Crippen LogP contribution in [-0.4, -0.2) is 81.6 Å². The number of carbonyl (C=O) groups excluding carboxylic acids is 2. The van der Waals surface area contributed by atoms with Gasteiger partial charge in [-0.1, -0.05) is 6.92 Å². The first-order valence-electron chi connectivity index (χ1n) is 11.3. The van der Waals surface area contributed by atoms with Gasteiger partial charge in [0.25, 0.3) is 0 Å². The number of rotatable bonds is 8. The van der Waals surface area contributed by atoms with Crippen LogP contribution in [0.2, 0.25) is 0 Å². The van der Waals surface area contributed by atoms with Gasteiger partial charge in [0.2, 0.25) is 5.88 Å². The molecule has 0 saturated carbocycles. The maximum absolute atomic E-state index is 13.3. The second-order valence-electron chi connectivity index (χ2n) is 8.69. The molecule has 3 N–H and O–H groups in total. The standard InChI is InChI=1S/C22H25F3N6O5/c1-12(22(23,24)25)6-17(34)15-2-3-16-20(27-15)31(13-4-5-30(16)9-13)21(35)29-18-7-26-8-19(28-18)36-11-14(33)10-32/h2-3,7-8,12-14,32-33H,4-6,9-11H2,1H3,(H,28,29,35)/t12-,13-,14-/m0/s1. The van der Waals surface area contributed by atoms with Crippen molar-refractivity contribution in [3.05, 3.63) is 30.2 Å². The molecular weight excluding hydrogens is 485 g/mol. The van der Waals surface area contributed by atoms with Gasteiger partial charge >= 0.3 is 12.2 Å². The summed E-state index contributed by atoms with van der Waals surface area (Å²) in [4.78, 5) is 41.5. The van der Waals surface area contributed by atoms with Gasteiger partial charge in [0.15, 0.2) is 17.4 Å². The molecule has 2 amide bonds. The number of halogens is 3. The summed E-state index contributed by atoms with van der Waals surface area (Å²) in [5, 5.41) is 20.9. The van der Waals surface area contributed by atoms with Gasteiger partial charge in [0, 0.05) is 19.5 Å². The molecule has 2 aromatic rings. The number of aliphatic hydroxyl groups excluding tert-OH is 2. The maximum atomic E-state index is 13.3. The normalized spacial score (nSPS) is 18.4. The molecule has 0 unspecified atom stereocenters. The molecule has 0 aromatic carbocycles. The fourth-order valence-electron chi connectivity index (χ4n) is 4.01. The lowest BCUT2D eigenvalue weighted by Gasteiger charge is -2.35. The Labute approximate surface area is 203 Å². The summed E-state index contributed by atoms with van der Waals surface area (Å²) in [6, 6.07) is 2.10. The predicted octanol–water partition coefficient (Wildman–Crippen LogP) is 2.01. The molecule has 1 saturated heterocycles. The number of anilines is 3. The Kier molecular flexibility index (Phi) is 7.26. The van der Waals surface area contributed by atoms with Crippen molar-refractivity contribution in [3.63, 3.8) is 0 Å². The summed E-state index contributed by atoms with van der Waals surface area (Å²) < 4.78 is 44.0. The van der Waals surface area contributed by atoms with Gasteiger partial charge < -0.3 is 19.8 Å². The van der Waals surface area contributed by atoms with Gasteiger partial charge in [-0.25, -0.2) is 9.78 Å². The molecule has 2 aliphatic rings. The molecule has 0 spiro atoms. The van der Waals surface area contributed by atoms with Crippen molar-refractivity contribution in [1.29, 1.82) is 0 Å². The summed E-state index contributed by atoms with van der Waals surface area (Å²) >= 11 is 0. The van der Waals surface area contributed by atoms with E-state index in [9.17, 15) is 27.9 Å². The molecular formula is C22H25F3N6O5. The smallest absolute Gasteiger partial charge is 0.391 e. The van der Waals surface area contributed by atoms with Crippen molar-refractivity contribution in [1.82, 2.24) is 15.0 Å². The van der Waals surface area contributed by atoms with Crippen LogP contribution in [-0.2, 0) is 0 Å². The minimum atomic E-state index is -4.50. The van der Waals surface area contributed by atoms with Crippen LogP contribution in [0, 0.1) is 5.92 Å². The lowest BCUT2D eigenvalue weighted by Crippen LogP contribution is -2.48. The number of aliphatic hydroxyl groups is 2. The number of fused-ring (bicyclic) bond motifs is 4. The molecule has 2 bridgehead atoms. The topological polar surface area (TPSA) is 141 Å². The van der Waals surface area contributed by atoms with Crippen molar-refractivity contribution < 1.29 is 37.7 Å². The number of alkyl halides is 3. The van der Waals surface area contributed by atoms with E-state index in [0.29, 0.717) is 25.2 Å². The Morgan fingerprint density at radius 3 is 2.78 bits per heavy atom. The van der Waals surface area contributed by atoms with Crippen LogP contribution >= 0.6 is 0 Å². The zero-order valence-corrected chi connectivity index (χ0v) is 19.3. The number of amides is 2. The SMILES string of the molecule is C[C@@H](CC(=O)c1ccc2c(n1)N(C(=O)Nc1cncc(OC[C@@H](O)CO)n1)[C@H]1CCN2C1)C(F)(F)F. The summed E-state index contributed by atoms with van der Waals surface area (Å²) in [6.45, 7) is 1.40. The van der Waals surface area contributed by atoms with E-state index in [1.165, 1.54) is 23.4 Å². The monoisotopic (exact) mass is 510 g/mol. The molecule has 36 heavy (non-hydrogen) atoms. The third kappa shape index (κ3) is 5.49. The van der Waals surface area contributed by atoms with Gasteiger partial charge in [-0.15, -0.1) is 0 Å². The van der Waals surface area contributed by atoms with E-state index in [1.54, 1.807) is 6.07 Å². The molecule has 0 radical (unpaired) electrons. The zero-order chi connectivity index (χ0) is 26.0. The average molecular weight is 510 g/mol. The van der Waals surface area contributed by atoms with Gasteiger partial charge in [0.1, 0.15) is 18.4 Å². The van der Waals surface area contributed by atoms with Crippen LogP contribution in [0.5, 0.6) is 5.88 Å². The molecule has 14 heteroatoms. The number of pyridine rings is 1. The summed E-state index contributed by atoms with van der Waals surface area (Å²) in [7, 11) is 0. The van der Waals surface area contributed by atoms with Gasteiger partial charge in [0.05, 0.1) is 36.6 Å². The summed E-state index contributed by atoms with van der Waals surface area (Å²) in [6.07, 6.45) is -3.18. The Balaban J connectivity index is 1.55. The fraction of sp³-hybridized carbons (Fsp3) is 0.500. The maximum Gasteiger partial charge on any atom is 0.391 e. The Morgan fingerprint density at radius 2 is 2.06 bits per heavy atom. The van der Waals surface area contributed by atoms with Gasteiger partial charge in [-0.3, -0.25) is 20.0 Å². The number of hydrogen-bond donors (Lipinski definition) is 3.